The topological polar surface area (TPSA) is 60.0 Å². The van der Waals surface area contributed by atoms with Gasteiger partial charge < -0.3 is 9.67 Å². The molecule has 2 aromatic heterocycles. The largest absolute Gasteiger partial charge is 0.478 e. The predicted molar refractivity (Wildman–Crippen MR) is 49.5 cm³/mol. The minimum absolute atomic E-state index is 0.270. The van der Waals surface area contributed by atoms with Crippen molar-refractivity contribution < 1.29 is 9.90 Å². The summed E-state index contributed by atoms with van der Waals surface area (Å²) in [5.74, 6) is -0.0941. The normalized spacial score (nSPS) is 10.4. The molecule has 0 aliphatic heterocycles. The second-order valence-electron chi connectivity index (χ2n) is 2.93. The van der Waals surface area contributed by atoms with Crippen LogP contribution in [0.2, 0.25) is 0 Å². The Hall–Kier alpha value is -2.04. The zero-order valence-corrected chi connectivity index (χ0v) is 7.58. The van der Waals surface area contributed by atoms with Gasteiger partial charge in [0, 0.05) is 25.5 Å². The lowest BCUT2D eigenvalue weighted by Gasteiger charge is -2.01. The molecule has 2 heterocycles. The van der Waals surface area contributed by atoms with Gasteiger partial charge in [-0.05, 0) is 6.07 Å². The van der Waals surface area contributed by atoms with Gasteiger partial charge in [0.15, 0.2) is 0 Å². The van der Waals surface area contributed by atoms with E-state index in [-0.39, 0.29) is 5.56 Å². The number of aromatic carboxylic acids is 1. The number of carbonyl (C=O) groups is 1. The van der Waals surface area contributed by atoms with Crippen LogP contribution in [0.4, 0.5) is 0 Å². The third-order valence-electron chi connectivity index (χ3n) is 2.00. The summed E-state index contributed by atoms with van der Waals surface area (Å²) in [6.45, 7) is 0. The molecule has 0 unspecified atom stereocenters. The summed E-state index contributed by atoms with van der Waals surface area (Å²) in [4.78, 5) is 10.6. The first-order chi connectivity index (χ1) is 6.68. The lowest BCUT2D eigenvalue weighted by atomic mass is 10.4. The Morgan fingerprint density at radius 3 is 2.79 bits per heavy atom. The molecule has 0 saturated heterocycles. The molecule has 5 nitrogen and oxygen atoms in total. The van der Waals surface area contributed by atoms with Gasteiger partial charge in [-0.3, -0.25) is 4.68 Å². The van der Waals surface area contributed by atoms with E-state index in [4.69, 9.17) is 5.11 Å². The molecule has 0 radical (unpaired) electrons. The van der Waals surface area contributed by atoms with E-state index in [0.717, 1.165) is 5.82 Å². The van der Waals surface area contributed by atoms with Crippen LogP contribution in [0.3, 0.4) is 0 Å². The fraction of sp³-hybridized carbons (Fsp3) is 0.111. The summed E-state index contributed by atoms with van der Waals surface area (Å²) in [7, 11) is 1.80. The van der Waals surface area contributed by atoms with E-state index in [1.165, 1.54) is 0 Å². The molecule has 72 valence electrons. The van der Waals surface area contributed by atoms with Gasteiger partial charge in [0.25, 0.3) is 0 Å². The number of rotatable bonds is 2. The van der Waals surface area contributed by atoms with E-state index in [2.05, 4.69) is 5.10 Å². The molecule has 0 atom stereocenters. The van der Waals surface area contributed by atoms with Crippen molar-refractivity contribution in [3.8, 4) is 5.82 Å². The van der Waals surface area contributed by atoms with E-state index in [1.54, 1.807) is 41.0 Å². The van der Waals surface area contributed by atoms with Crippen LogP contribution >= 0.6 is 0 Å². The lowest BCUT2D eigenvalue weighted by molar-refractivity contribution is 0.0697. The molecule has 0 fully saturated rings. The molecule has 2 aromatic rings. The lowest BCUT2D eigenvalue weighted by Crippen LogP contribution is -2.01. The van der Waals surface area contributed by atoms with E-state index in [0.29, 0.717) is 0 Å². The van der Waals surface area contributed by atoms with Crippen LogP contribution in [0.5, 0.6) is 0 Å². The third kappa shape index (κ3) is 1.28. The second kappa shape index (κ2) is 3.02. The standard InChI is InChI=1S/C9H9N3O2/c1-11-8(2-4-10-11)12-5-3-7(6-12)9(13)14/h2-6H,1H3,(H,13,14). The number of hydrogen-bond acceptors (Lipinski definition) is 2. The highest BCUT2D eigenvalue weighted by Gasteiger charge is 2.06. The quantitative estimate of drug-likeness (QED) is 0.767. The highest BCUT2D eigenvalue weighted by molar-refractivity contribution is 5.87. The molecule has 0 amide bonds. The molecule has 14 heavy (non-hydrogen) atoms. The van der Waals surface area contributed by atoms with Crippen LogP contribution in [-0.2, 0) is 7.05 Å². The maximum atomic E-state index is 10.6. The first-order valence-corrected chi connectivity index (χ1v) is 4.08. The molecule has 0 saturated carbocycles. The van der Waals surface area contributed by atoms with E-state index in [1.807, 2.05) is 6.07 Å². The summed E-state index contributed by atoms with van der Waals surface area (Å²) in [6, 6.07) is 3.36. The van der Waals surface area contributed by atoms with Gasteiger partial charge in [-0.1, -0.05) is 0 Å². The molecule has 1 N–H and O–H groups in total. The van der Waals surface area contributed by atoms with Crippen molar-refractivity contribution in [3.63, 3.8) is 0 Å². The Bertz CT molecular complexity index is 470. The molecule has 0 aliphatic rings. The molecule has 2 rings (SSSR count). The van der Waals surface area contributed by atoms with Gasteiger partial charge in [-0.25, -0.2) is 4.79 Å². The number of aryl methyl sites for hydroxylation is 1. The third-order valence-corrected chi connectivity index (χ3v) is 2.00. The van der Waals surface area contributed by atoms with Gasteiger partial charge in [0.2, 0.25) is 0 Å². The maximum absolute atomic E-state index is 10.6. The minimum atomic E-state index is -0.925. The smallest absolute Gasteiger partial charge is 0.337 e. The number of nitrogens with zero attached hydrogens (tertiary/aromatic N) is 3. The van der Waals surface area contributed by atoms with Crippen molar-refractivity contribution in [1.29, 1.82) is 0 Å². The van der Waals surface area contributed by atoms with Crippen molar-refractivity contribution in [2.45, 2.75) is 0 Å². The molecular weight excluding hydrogens is 182 g/mol. The van der Waals surface area contributed by atoms with Crippen molar-refractivity contribution in [2.75, 3.05) is 0 Å². The zero-order valence-electron chi connectivity index (χ0n) is 7.58. The van der Waals surface area contributed by atoms with Crippen molar-refractivity contribution in [3.05, 3.63) is 36.3 Å². The van der Waals surface area contributed by atoms with Crippen molar-refractivity contribution in [1.82, 2.24) is 14.3 Å². The summed E-state index contributed by atoms with van der Waals surface area (Å²) in [5, 5.41) is 12.7. The fourth-order valence-corrected chi connectivity index (χ4v) is 1.29. The van der Waals surface area contributed by atoms with Crippen molar-refractivity contribution in [2.24, 2.45) is 7.05 Å². The minimum Gasteiger partial charge on any atom is -0.478 e. The average molecular weight is 191 g/mol. The van der Waals surface area contributed by atoms with Crippen LogP contribution in [-0.4, -0.2) is 25.4 Å². The van der Waals surface area contributed by atoms with Crippen LogP contribution in [0.15, 0.2) is 30.7 Å². The van der Waals surface area contributed by atoms with E-state index >= 15 is 0 Å². The number of hydrogen-bond donors (Lipinski definition) is 1. The summed E-state index contributed by atoms with van der Waals surface area (Å²) >= 11 is 0. The number of aromatic nitrogens is 3. The molecule has 5 heteroatoms. The summed E-state index contributed by atoms with van der Waals surface area (Å²) in [5.41, 5.74) is 0.270. The van der Waals surface area contributed by atoms with Crippen LogP contribution < -0.4 is 0 Å². The average Bonchev–Trinajstić information content (AvgIpc) is 2.71. The fourth-order valence-electron chi connectivity index (χ4n) is 1.29. The first kappa shape index (κ1) is 8.55. The maximum Gasteiger partial charge on any atom is 0.337 e. The van der Waals surface area contributed by atoms with E-state index < -0.39 is 5.97 Å². The van der Waals surface area contributed by atoms with Gasteiger partial charge in [0.1, 0.15) is 5.82 Å². The zero-order chi connectivity index (χ0) is 10.1. The molecule has 0 aliphatic carbocycles. The van der Waals surface area contributed by atoms with Crippen molar-refractivity contribution >= 4 is 5.97 Å². The molecule has 0 bridgehead atoms. The second-order valence-corrected chi connectivity index (χ2v) is 2.93. The van der Waals surface area contributed by atoms with Gasteiger partial charge >= 0.3 is 5.97 Å². The summed E-state index contributed by atoms with van der Waals surface area (Å²) in [6.07, 6.45) is 4.91. The number of carboxylic acids is 1. The SMILES string of the molecule is Cn1nccc1-n1ccc(C(=O)O)c1. The number of carboxylic acid groups (broad SMARTS) is 1. The molecular formula is C9H9N3O2. The summed E-state index contributed by atoms with van der Waals surface area (Å²) < 4.78 is 3.39. The molecule has 0 spiro atoms. The van der Waals surface area contributed by atoms with E-state index in [9.17, 15) is 4.79 Å². The monoisotopic (exact) mass is 191 g/mol. The Balaban J connectivity index is 2.43. The van der Waals surface area contributed by atoms with Crippen LogP contribution in [0, 0.1) is 0 Å². The predicted octanol–water partition coefficient (Wildman–Crippen LogP) is 0.909. The highest BCUT2D eigenvalue weighted by Crippen LogP contribution is 2.09. The van der Waals surface area contributed by atoms with Gasteiger partial charge in [-0.2, -0.15) is 5.10 Å². The van der Waals surface area contributed by atoms with Crippen LogP contribution in [0.1, 0.15) is 10.4 Å². The van der Waals surface area contributed by atoms with Gasteiger partial charge in [0.05, 0.1) is 11.8 Å². The highest BCUT2D eigenvalue weighted by atomic mass is 16.4. The Kier molecular flexibility index (Phi) is 1.85. The first-order valence-electron chi connectivity index (χ1n) is 4.08. The van der Waals surface area contributed by atoms with Crippen LogP contribution in [0.25, 0.3) is 5.82 Å². The Morgan fingerprint density at radius 2 is 2.29 bits per heavy atom. The Morgan fingerprint density at radius 1 is 1.50 bits per heavy atom. The molecule has 0 aromatic carbocycles. The Labute approximate surface area is 80.2 Å². The van der Waals surface area contributed by atoms with Gasteiger partial charge in [-0.15, -0.1) is 0 Å².